The van der Waals surface area contributed by atoms with Crippen LogP contribution in [-0.4, -0.2) is 76.6 Å². The Labute approximate surface area is 209 Å². The Morgan fingerprint density at radius 2 is 1.94 bits per heavy atom. The topological polar surface area (TPSA) is 114 Å². The molecule has 3 N–H and O–H groups in total. The average Bonchev–Trinajstić information content (AvgIpc) is 3.55. The minimum atomic E-state index is -0.250. The molecule has 35 heavy (non-hydrogen) atoms. The number of rotatable bonds is 6. The maximum Gasteiger partial charge on any atom is 0.290 e. The summed E-state index contributed by atoms with van der Waals surface area (Å²) in [6.45, 7) is 5.53. The second kappa shape index (κ2) is 12.0. The molecule has 0 aliphatic carbocycles. The third kappa shape index (κ3) is 6.29. The summed E-state index contributed by atoms with van der Waals surface area (Å²) in [5.74, 6) is 1.04. The lowest BCUT2D eigenvalue weighted by Crippen LogP contribution is -2.42. The van der Waals surface area contributed by atoms with Gasteiger partial charge in [-0.3, -0.25) is 14.6 Å². The van der Waals surface area contributed by atoms with E-state index < -0.39 is 0 Å². The number of piperidine rings is 1. The molecule has 0 bridgehead atoms. The van der Waals surface area contributed by atoms with Crippen molar-refractivity contribution in [2.24, 2.45) is 5.92 Å². The minimum absolute atomic E-state index is 0.0967. The fraction of sp³-hybridized carbons (Fsp3) is 0.440. The first kappa shape index (κ1) is 24.9. The van der Waals surface area contributed by atoms with Gasteiger partial charge in [0.15, 0.2) is 0 Å². The van der Waals surface area contributed by atoms with Crippen molar-refractivity contribution in [3.8, 4) is 11.4 Å². The van der Waals surface area contributed by atoms with Crippen molar-refractivity contribution in [3.05, 3.63) is 41.7 Å². The van der Waals surface area contributed by atoms with E-state index in [1.165, 1.54) is 25.9 Å². The number of hydrogen-bond acceptors (Lipinski definition) is 6. The lowest BCUT2D eigenvalue weighted by atomic mass is 9.95. The van der Waals surface area contributed by atoms with Gasteiger partial charge in [-0.2, -0.15) is 0 Å². The molecule has 2 aliphatic rings. The number of carbonyl (C=O) groups is 2. The fourth-order valence-corrected chi connectivity index (χ4v) is 4.97. The van der Waals surface area contributed by atoms with Crippen LogP contribution in [0.15, 0.2) is 36.7 Å². The largest absolute Gasteiger partial charge is 0.483 e. The molecule has 1 aromatic carbocycles. The molecule has 0 unspecified atom stereocenters. The van der Waals surface area contributed by atoms with Gasteiger partial charge < -0.3 is 25.2 Å². The summed E-state index contributed by atoms with van der Waals surface area (Å²) in [6.07, 6.45) is 7.80. The lowest BCUT2D eigenvalue weighted by molar-refractivity contribution is -0.125. The Morgan fingerprint density at radius 3 is 2.66 bits per heavy atom. The number of anilines is 1. The molecule has 1 amide bonds. The monoisotopic (exact) mass is 498 g/mol. The standard InChI is InChI=1S/C24H29ClN6O.CH2O2/c25-20-4-3-18(15-19(20)23-28-21-5-8-26-16-22(21)29-23)31-12-6-17(7-13-31)24(32)27-9-14-30-10-1-2-11-30;2-1-3/h3-5,8,15-17H,1-2,6-7,9-14H2,(H,27,32)(H,28,29);1H,(H,2,3). The van der Waals surface area contributed by atoms with E-state index in [0.29, 0.717) is 5.02 Å². The van der Waals surface area contributed by atoms with Crippen LogP contribution in [0.25, 0.3) is 22.4 Å². The van der Waals surface area contributed by atoms with Crippen LogP contribution in [0.1, 0.15) is 25.7 Å². The second-order valence-corrected chi connectivity index (χ2v) is 9.26. The highest BCUT2D eigenvalue weighted by Crippen LogP contribution is 2.33. The second-order valence-electron chi connectivity index (χ2n) is 8.85. The molecule has 2 fully saturated rings. The van der Waals surface area contributed by atoms with Crippen LogP contribution in [0.2, 0.25) is 5.02 Å². The molecule has 10 heteroatoms. The first-order chi connectivity index (χ1) is 17.1. The summed E-state index contributed by atoms with van der Waals surface area (Å²) in [5, 5.41) is 10.7. The number of hydrogen-bond donors (Lipinski definition) is 3. The van der Waals surface area contributed by atoms with Gasteiger partial charge >= 0.3 is 0 Å². The maximum atomic E-state index is 12.6. The first-order valence-electron chi connectivity index (χ1n) is 12.0. The molecule has 0 spiro atoms. The number of imidazole rings is 1. The Balaban J connectivity index is 0.000000917. The third-order valence-corrected chi connectivity index (χ3v) is 6.97. The van der Waals surface area contributed by atoms with E-state index in [2.05, 4.69) is 36.1 Å². The normalized spacial score (nSPS) is 16.7. The number of nitrogens with one attached hydrogen (secondary N) is 2. The van der Waals surface area contributed by atoms with Crippen molar-refractivity contribution in [2.45, 2.75) is 25.7 Å². The molecular formula is C25H31ClN6O3. The number of carboxylic acid groups (broad SMARTS) is 1. The number of likely N-dealkylation sites (tertiary alicyclic amines) is 1. The zero-order valence-corrected chi connectivity index (χ0v) is 20.4. The molecule has 0 atom stereocenters. The Morgan fingerprint density at radius 1 is 1.20 bits per heavy atom. The van der Waals surface area contributed by atoms with E-state index >= 15 is 0 Å². The van der Waals surface area contributed by atoms with Crippen LogP contribution >= 0.6 is 11.6 Å². The number of H-pyrrole nitrogens is 1. The molecule has 2 saturated heterocycles. The zero-order chi connectivity index (χ0) is 24.6. The van der Waals surface area contributed by atoms with E-state index in [9.17, 15) is 4.79 Å². The van der Waals surface area contributed by atoms with Crippen LogP contribution in [0, 0.1) is 5.92 Å². The SMILES string of the molecule is O=C(NCCN1CCCC1)C1CCN(c2ccc(Cl)c(-c3nc4ccncc4[nH]3)c2)CC1.O=CO. The fourth-order valence-electron chi connectivity index (χ4n) is 4.76. The Kier molecular flexibility index (Phi) is 8.54. The molecule has 186 valence electrons. The van der Waals surface area contributed by atoms with Crippen molar-refractivity contribution in [1.29, 1.82) is 0 Å². The van der Waals surface area contributed by atoms with Crippen molar-refractivity contribution in [3.63, 3.8) is 0 Å². The highest BCUT2D eigenvalue weighted by Gasteiger charge is 2.25. The summed E-state index contributed by atoms with van der Waals surface area (Å²) >= 11 is 6.51. The number of aromatic amines is 1. The predicted molar refractivity (Wildman–Crippen MR) is 137 cm³/mol. The third-order valence-electron chi connectivity index (χ3n) is 6.65. The highest BCUT2D eigenvalue weighted by molar-refractivity contribution is 6.33. The number of carbonyl (C=O) groups excluding carboxylic acids is 1. The maximum absolute atomic E-state index is 12.6. The number of amides is 1. The van der Waals surface area contributed by atoms with Gasteiger partial charge in [-0.05, 0) is 63.0 Å². The summed E-state index contributed by atoms with van der Waals surface area (Å²) in [7, 11) is 0. The summed E-state index contributed by atoms with van der Waals surface area (Å²) in [6, 6.07) is 7.94. The number of benzene rings is 1. The van der Waals surface area contributed by atoms with Crippen molar-refractivity contribution in [1.82, 2.24) is 25.2 Å². The molecule has 2 aliphatic heterocycles. The number of fused-ring (bicyclic) bond motifs is 1. The van der Waals surface area contributed by atoms with E-state index in [0.717, 1.165) is 67.1 Å². The van der Waals surface area contributed by atoms with Gasteiger partial charge in [0.05, 0.1) is 22.3 Å². The van der Waals surface area contributed by atoms with Gasteiger partial charge in [-0.1, -0.05) is 11.6 Å². The number of aromatic nitrogens is 3. The molecule has 9 nitrogen and oxygen atoms in total. The van der Waals surface area contributed by atoms with Crippen molar-refractivity contribution < 1.29 is 14.7 Å². The number of halogens is 1. The molecule has 0 saturated carbocycles. The zero-order valence-electron chi connectivity index (χ0n) is 19.6. The Hall–Kier alpha value is -3.17. The molecule has 0 radical (unpaired) electrons. The summed E-state index contributed by atoms with van der Waals surface area (Å²) in [5.41, 5.74) is 3.74. The van der Waals surface area contributed by atoms with Gasteiger partial charge in [-0.15, -0.1) is 0 Å². The smallest absolute Gasteiger partial charge is 0.290 e. The van der Waals surface area contributed by atoms with Crippen molar-refractivity contribution in [2.75, 3.05) is 44.2 Å². The van der Waals surface area contributed by atoms with Crippen LogP contribution in [0.5, 0.6) is 0 Å². The minimum Gasteiger partial charge on any atom is -0.483 e. The van der Waals surface area contributed by atoms with Gasteiger partial charge in [0, 0.05) is 49.5 Å². The van der Waals surface area contributed by atoms with Gasteiger partial charge in [0.1, 0.15) is 5.82 Å². The number of nitrogens with zero attached hydrogens (tertiary/aromatic N) is 4. The van der Waals surface area contributed by atoms with E-state index in [1.54, 1.807) is 12.4 Å². The quantitative estimate of drug-likeness (QED) is 0.446. The Bertz CT molecular complexity index is 1110. The van der Waals surface area contributed by atoms with Gasteiger partial charge in [-0.25, -0.2) is 4.98 Å². The van der Waals surface area contributed by atoms with Crippen molar-refractivity contribution >= 4 is 40.7 Å². The molecule has 4 heterocycles. The number of pyridine rings is 1. The lowest BCUT2D eigenvalue weighted by Gasteiger charge is -2.33. The molecule has 5 rings (SSSR count). The highest BCUT2D eigenvalue weighted by atomic mass is 35.5. The predicted octanol–water partition coefficient (Wildman–Crippen LogP) is 3.41. The molecule has 3 aromatic rings. The van der Waals surface area contributed by atoms with E-state index in [1.807, 2.05) is 18.2 Å². The molecule has 2 aromatic heterocycles. The average molecular weight is 499 g/mol. The van der Waals surface area contributed by atoms with Crippen LogP contribution in [0.4, 0.5) is 5.69 Å². The summed E-state index contributed by atoms with van der Waals surface area (Å²) in [4.78, 5) is 37.8. The van der Waals surface area contributed by atoms with Crippen LogP contribution in [-0.2, 0) is 9.59 Å². The van der Waals surface area contributed by atoms with Crippen LogP contribution in [0.3, 0.4) is 0 Å². The van der Waals surface area contributed by atoms with Gasteiger partial charge in [0.25, 0.3) is 6.47 Å². The van der Waals surface area contributed by atoms with Gasteiger partial charge in [0.2, 0.25) is 5.91 Å². The molecular weight excluding hydrogens is 468 g/mol. The van der Waals surface area contributed by atoms with E-state index in [4.69, 9.17) is 21.5 Å². The van der Waals surface area contributed by atoms with E-state index in [-0.39, 0.29) is 18.3 Å². The first-order valence-corrected chi connectivity index (χ1v) is 12.4. The van der Waals surface area contributed by atoms with Crippen LogP contribution < -0.4 is 10.2 Å². The summed E-state index contributed by atoms with van der Waals surface area (Å²) < 4.78 is 0.